The molecular weight excluding hydrogens is 328 g/mol. The van der Waals surface area contributed by atoms with E-state index in [2.05, 4.69) is 10.3 Å². The van der Waals surface area contributed by atoms with Gasteiger partial charge in [0.1, 0.15) is 11.4 Å². The second kappa shape index (κ2) is 8.46. The number of esters is 1. The van der Waals surface area contributed by atoms with Gasteiger partial charge in [-0.25, -0.2) is 9.78 Å². The Hall–Kier alpha value is -2.64. The van der Waals surface area contributed by atoms with E-state index in [1.165, 1.54) is 12.3 Å². The van der Waals surface area contributed by atoms with E-state index in [1.807, 2.05) is 0 Å². The van der Waals surface area contributed by atoms with E-state index < -0.39 is 35.5 Å². The van der Waals surface area contributed by atoms with E-state index in [4.69, 9.17) is 9.47 Å². The number of carbonyl (C=O) groups is 3. The third-order valence-corrected chi connectivity index (χ3v) is 3.25. The molecule has 0 saturated heterocycles. The summed E-state index contributed by atoms with van der Waals surface area (Å²) < 4.78 is 9.94. The highest BCUT2D eigenvalue weighted by Gasteiger charge is 2.34. The van der Waals surface area contributed by atoms with Gasteiger partial charge in [0.2, 0.25) is 0 Å². The van der Waals surface area contributed by atoms with Crippen LogP contribution in [0.25, 0.3) is 0 Å². The SMILES string of the molecule is CCOC(=O)C(C(=O)O)C(C)c1ccc(NC(=O)OC(C)(C)C)nc1. The summed E-state index contributed by atoms with van der Waals surface area (Å²) in [5.41, 5.74) is -0.0948. The number of aliphatic carboxylic acids is 1. The minimum atomic E-state index is -1.33. The van der Waals surface area contributed by atoms with Crippen molar-refractivity contribution in [3.05, 3.63) is 23.9 Å². The zero-order valence-electron chi connectivity index (χ0n) is 15.0. The predicted molar refractivity (Wildman–Crippen MR) is 90.3 cm³/mol. The van der Waals surface area contributed by atoms with E-state index in [0.717, 1.165) is 0 Å². The number of carboxylic acids is 1. The van der Waals surface area contributed by atoms with Gasteiger partial charge in [0.25, 0.3) is 0 Å². The van der Waals surface area contributed by atoms with E-state index in [-0.39, 0.29) is 12.4 Å². The average Bonchev–Trinajstić information content (AvgIpc) is 2.45. The number of amides is 1. The van der Waals surface area contributed by atoms with Gasteiger partial charge in [-0.3, -0.25) is 14.9 Å². The molecule has 1 heterocycles. The van der Waals surface area contributed by atoms with Crippen molar-refractivity contribution in [2.75, 3.05) is 11.9 Å². The number of nitrogens with zero attached hydrogens (tertiary/aromatic N) is 1. The molecule has 0 aromatic carbocycles. The molecule has 2 unspecified atom stereocenters. The van der Waals surface area contributed by atoms with Crippen LogP contribution in [-0.4, -0.2) is 40.3 Å². The highest BCUT2D eigenvalue weighted by atomic mass is 16.6. The van der Waals surface area contributed by atoms with E-state index in [9.17, 15) is 19.5 Å². The average molecular weight is 352 g/mol. The smallest absolute Gasteiger partial charge is 0.413 e. The fourth-order valence-electron chi connectivity index (χ4n) is 2.10. The number of anilines is 1. The van der Waals surface area contributed by atoms with Crippen molar-refractivity contribution in [3.8, 4) is 0 Å². The third kappa shape index (κ3) is 6.40. The molecule has 138 valence electrons. The maximum Gasteiger partial charge on any atom is 0.413 e. The van der Waals surface area contributed by atoms with Crippen molar-refractivity contribution in [2.24, 2.45) is 5.92 Å². The first-order valence-corrected chi connectivity index (χ1v) is 7.90. The van der Waals surface area contributed by atoms with Crippen LogP contribution in [0.5, 0.6) is 0 Å². The van der Waals surface area contributed by atoms with Gasteiger partial charge in [-0.2, -0.15) is 0 Å². The van der Waals surface area contributed by atoms with Crippen LogP contribution in [0.1, 0.15) is 46.1 Å². The summed E-state index contributed by atoms with van der Waals surface area (Å²) >= 11 is 0. The molecule has 0 aliphatic carbocycles. The Labute approximate surface area is 146 Å². The van der Waals surface area contributed by atoms with Crippen LogP contribution in [0.4, 0.5) is 10.6 Å². The molecular formula is C17H24N2O6. The minimum Gasteiger partial charge on any atom is -0.481 e. The first kappa shape index (κ1) is 20.4. The van der Waals surface area contributed by atoms with Gasteiger partial charge < -0.3 is 14.6 Å². The summed E-state index contributed by atoms with van der Waals surface area (Å²) in [5, 5.41) is 11.8. The lowest BCUT2D eigenvalue weighted by molar-refractivity contribution is -0.159. The van der Waals surface area contributed by atoms with Crippen molar-refractivity contribution in [2.45, 2.75) is 46.1 Å². The third-order valence-electron chi connectivity index (χ3n) is 3.25. The lowest BCUT2D eigenvalue weighted by Gasteiger charge is -2.20. The molecule has 0 spiro atoms. The van der Waals surface area contributed by atoms with Crippen LogP contribution in [-0.2, 0) is 19.1 Å². The summed E-state index contributed by atoms with van der Waals surface area (Å²) in [7, 11) is 0. The topological polar surface area (TPSA) is 115 Å². The zero-order chi connectivity index (χ0) is 19.2. The van der Waals surface area contributed by atoms with E-state index in [0.29, 0.717) is 5.56 Å². The van der Waals surface area contributed by atoms with Crippen LogP contribution in [0.3, 0.4) is 0 Å². The Bertz CT molecular complexity index is 621. The molecule has 1 rings (SSSR count). The second-order valence-electron chi connectivity index (χ2n) is 6.46. The molecule has 2 atom stereocenters. The van der Waals surface area contributed by atoms with Crippen molar-refractivity contribution in [3.63, 3.8) is 0 Å². The Kier molecular flexibility index (Phi) is 6.90. The van der Waals surface area contributed by atoms with Gasteiger partial charge in [0.05, 0.1) is 6.61 Å². The van der Waals surface area contributed by atoms with Gasteiger partial charge in [0, 0.05) is 12.1 Å². The van der Waals surface area contributed by atoms with Crippen molar-refractivity contribution >= 4 is 23.8 Å². The van der Waals surface area contributed by atoms with Crippen LogP contribution >= 0.6 is 0 Å². The number of ether oxygens (including phenoxy) is 2. The van der Waals surface area contributed by atoms with E-state index in [1.54, 1.807) is 40.7 Å². The molecule has 0 radical (unpaired) electrons. The maximum absolute atomic E-state index is 11.8. The van der Waals surface area contributed by atoms with Gasteiger partial charge in [-0.15, -0.1) is 0 Å². The molecule has 1 aromatic heterocycles. The van der Waals surface area contributed by atoms with Crippen molar-refractivity contribution in [1.29, 1.82) is 0 Å². The summed E-state index contributed by atoms with van der Waals surface area (Å²) in [6, 6.07) is 3.11. The first-order valence-electron chi connectivity index (χ1n) is 7.90. The molecule has 8 heteroatoms. The monoisotopic (exact) mass is 352 g/mol. The number of pyridine rings is 1. The molecule has 1 amide bonds. The summed E-state index contributed by atoms with van der Waals surface area (Å²) in [6.45, 7) is 8.55. The number of nitrogens with one attached hydrogen (secondary N) is 1. The molecule has 1 aromatic rings. The molecule has 2 N–H and O–H groups in total. The van der Waals surface area contributed by atoms with E-state index >= 15 is 0 Å². The second-order valence-corrected chi connectivity index (χ2v) is 6.46. The fraction of sp³-hybridized carbons (Fsp3) is 0.529. The number of carbonyl (C=O) groups excluding carboxylic acids is 2. The fourth-order valence-corrected chi connectivity index (χ4v) is 2.10. The predicted octanol–water partition coefficient (Wildman–Crippen LogP) is 2.80. The maximum atomic E-state index is 11.8. The van der Waals surface area contributed by atoms with Crippen LogP contribution in [0.15, 0.2) is 18.3 Å². The van der Waals surface area contributed by atoms with Crippen molar-refractivity contribution in [1.82, 2.24) is 4.98 Å². The Morgan fingerprint density at radius 2 is 1.92 bits per heavy atom. The Balaban J connectivity index is 2.85. The van der Waals surface area contributed by atoms with Crippen molar-refractivity contribution < 1.29 is 29.0 Å². The number of rotatable bonds is 6. The lowest BCUT2D eigenvalue weighted by Crippen LogP contribution is -2.30. The largest absolute Gasteiger partial charge is 0.481 e. The molecule has 0 bridgehead atoms. The highest BCUT2D eigenvalue weighted by Crippen LogP contribution is 2.26. The minimum absolute atomic E-state index is 0.104. The molecule has 0 aliphatic rings. The van der Waals surface area contributed by atoms with Gasteiger partial charge in [0.15, 0.2) is 5.92 Å². The molecule has 0 saturated carbocycles. The molecule has 0 aliphatic heterocycles. The molecule has 0 fully saturated rings. The molecule has 25 heavy (non-hydrogen) atoms. The molecule has 8 nitrogen and oxygen atoms in total. The standard InChI is InChI=1S/C17H24N2O6/c1-6-24-15(22)13(14(20)21)10(2)11-7-8-12(18-9-11)19-16(23)25-17(3,4)5/h7-10,13H,6H2,1-5H3,(H,20,21)(H,18,19,23). The number of carboxylic acid groups (broad SMARTS) is 1. The van der Waals surface area contributed by atoms with Gasteiger partial charge in [-0.1, -0.05) is 13.0 Å². The van der Waals surface area contributed by atoms with Gasteiger partial charge in [-0.05, 0) is 39.3 Å². The van der Waals surface area contributed by atoms with Crippen LogP contribution < -0.4 is 5.32 Å². The number of hydrogen-bond donors (Lipinski definition) is 2. The van der Waals surface area contributed by atoms with Gasteiger partial charge >= 0.3 is 18.0 Å². The summed E-state index contributed by atoms with van der Waals surface area (Å²) in [6.07, 6.45) is 0.766. The highest BCUT2D eigenvalue weighted by molar-refractivity contribution is 5.95. The normalized spacial score (nSPS) is 13.5. The quantitative estimate of drug-likeness (QED) is 0.597. The Morgan fingerprint density at radius 3 is 2.36 bits per heavy atom. The van der Waals surface area contributed by atoms with Crippen LogP contribution in [0, 0.1) is 5.92 Å². The first-order chi connectivity index (χ1) is 11.5. The summed E-state index contributed by atoms with van der Waals surface area (Å²) in [5.74, 6) is -3.76. The number of hydrogen-bond acceptors (Lipinski definition) is 6. The van der Waals surface area contributed by atoms with Crippen LogP contribution in [0.2, 0.25) is 0 Å². The Morgan fingerprint density at radius 1 is 1.28 bits per heavy atom. The zero-order valence-corrected chi connectivity index (χ0v) is 15.0. The summed E-state index contributed by atoms with van der Waals surface area (Å²) in [4.78, 5) is 39.0. The number of aromatic nitrogens is 1. The lowest BCUT2D eigenvalue weighted by atomic mass is 9.88.